The first-order chi connectivity index (χ1) is 10.0. The average molecular weight is 329 g/mol. The number of benzene rings is 1. The molecule has 0 aliphatic rings. The molecule has 0 atom stereocenters. The lowest BCUT2D eigenvalue weighted by Gasteiger charge is -2.08. The predicted molar refractivity (Wildman–Crippen MR) is 78.2 cm³/mol. The zero-order chi connectivity index (χ0) is 15.4. The summed E-state index contributed by atoms with van der Waals surface area (Å²) in [6.07, 6.45) is 0. The lowest BCUT2D eigenvalue weighted by atomic mass is 10.3. The summed E-state index contributed by atoms with van der Waals surface area (Å²) in [6, 6.07) is 7.46. The SMILES string of the molecule is COc1ccc(OCc2nc(Cl)ccc2Cl)cc1[N+](=O)[O-]. The van der Waals surface area contributed by atoms with Crippen molar-refractivity contribution in [1.29, 1.82) is 0 Å². The Balaban J connectivity index is 2.18. The highest BCUT2D eigenvalue weighted by Crippen LogP contribution is 2.31. The van der Waals surface area contributed by atoms with Crippen molar-refractivity contribution >= 4 is 28.9 Å². The summed E-state index contributed by atoms with van der Waals surface area (Å²) in [5, 5.41) is 11.6. The Morgan fingerprint density at radius 2 is 2.05 bits per heavy atom. The molecule has 2 rings (SSSR count). The van der Waals surface area contributed by atoms with Crippen LogP contribution in [0.15, 0.2) is 30.3 Å². The minimum absolute atomic E-state index is 0.0445. The van der Waals surface area contributed by atoms with Crippen molar-refractivity contribution in [2.75, 3.05) is 7.11 Å². The van der Waals surface area contributed by atoms with Crippen molar-refractivity contribution in [3.8, 4) is 11.5 Å². The van der Waals surface area contributed by atoms with Gasteiger partial charge in [0, 0.05) is 0 Å². The lowest BCUT2D eigenvalue weighted by molar-refractivity contribution is -0.385. The smallest absolute Gasteiger partial charge is 0.314 e. The largest absolute Gasteiger partial charge is 0.490 e. The maximum absolute atomic E-state index is 10.9. The molecule has 1 aromatic carbocycles. The molecule has 21 heavy (non-hydrogen) atoms. The van der Waals surface area contributed by atoms with E-state index in [0.29, 0.717) is 21.6 Å². The zero-order valence-corrected chi connectivity index (χ0v) is 12.4. The van der Waals surface area contributed by atoms with E-state index in [2.05, 4.69) is 4.98 Å². The van der Waals surface area contributed by atoms with E-state index in [-0.39, 0.29) is 18.0 Å². The van der Waals surface area contributed by atoms with Crippen LogP contribution in [0.25, 0.3) is 0 Å². The highest BCUT2D eigenvalue weighted by atomic mass is 35.5. The third-order valence-electron chi connectivity index (χ3n) is 2.61. The Bertz CT molecular complexity index is 679. The van der Waals surface area contributed by atoms with Crippen LogP contribution in [-0.4, -0.2) is 17.0 Å². The van der Waals surface area contributed by atoms with Crippen molar-refractivity contribution < 1.29 is 14.4 Å². The molecule has 8 heteroatoms. The number of hydrogen-bond donors (Lipinski definition) is 0. The molecular weight excluding hydrogens is 319 g/mol. The standard InChI is InChI=1S/C13H10Cl2N2O4/c1-20-12-4-2-8(6-11(12)17(18)19)21-7-10-9(14)3-5-13(15)16-10/h2-6H,7H2,1H3. The third-order valence-corrected chi connectivity index (χ3v) is 3.16. The van der Waals surface area contributed by atoms with Gasteiger partial charge in [0.05, 0.1) is 28.8 Å². The van der Waals surface area contributed by atoms with Crippen molar-refractivity contribution in [2.45, 2.75) is 6.61 Å². The number of hydrogen-bond acceptors (Lipinski definition) is 5. The Labute approximate surface area is 130 Å². The normalized spacial score (nSPS) is 10.2. The minimum atomic E-state index is -0.545. The van der Waals surface area contributed by atoms with Gasteiger partial charge in [0.25, 0.3) is 0 Å². The monoisotopic (exact) mass is 328 g/mol. The van der Waals surface area contributed by atoms with Crippen LogP contribution < -0.4 is 9.47 Å². The van der Waals surface area contributed by atoms with E-state index in [1.54, 1.807) is 18.2 Å². The van der Waals surface area contributed by atoms with Gasteiger partial charge in [0.15, 0.2) is 5.75 Å². The summed E-state index contributed by atoms with van der Waals surface area (Å²) in [7, 11) is 1.36. The number of nitrogens with zero attached hydrogens (tertiary/aromatic N) is 2. The third kappa shape index (κ3) is 3.74. The van der Waals surface area contributed by atoms with E-state index in [0.717, 1.165) is 0 Å². The molecule has 0 fully saturated rings. The van der Waals surface area contributed by atoms with Gasteiger partial charge in [-0.3, -0.25) is 10.1 Å². The Hall–Kier alpha value is -2.05. The predicted octanol–water partition coefficient (Wildman–Crippen LogP) is 3.88. The van der Waals surface area contributed by atoms with Crippen LogP contribution in [0.1, 0.15) is 5.69 Å². The Kier molecular flexibility index (Phi) is 4.82. The molecule has 0 N–H and O–H groups in total. The molecule has 0 bridgehead atoms. The molecule has 0 amide bonds. The van der Waals surface area contributed by atoms with Gasteiger partial charge in [-0.25, -0.2) is 4.98 Å². The molecule has 0 aliphatic heterocycles. The summed E-state index contributed by atoms with van der Waals surface area (Å²) in [6.45, 7) is 0.0445. The molecule has 1 aromatic heterocycles. The fourth-order valence-electron chi connectivity index (χ4n) is 1.61. The molecule has 110 valence electrons. The average Bonchev–Trinajstić information content (AvgIpc) is 2.47. The summed E-state index contributed by atoms with van der Waals surface area (Å²) in [4.78, 5) is 14.4. The van der Waals surface area contributed by atoms with Crippen LogP contribution in [0.2, 0.25) is 10.2 Å². The van der Waals surface area contributed by atoms with Crippen molar-refractivity contribution in [1.82, 2.24) is 4.98 Å². The topological polar surface area (TPSA) is 74.5 Å². The number of aromatic nitrogens is 1. The second kappa shape index (κ2) is 6.60. The molecule has 2 aromatic rings. The molecule has 6 nitrogen and oxygen atoms in total. The van der Waals surface area contributed by atoms with Crippen molar-refractivity contribution in [2.24, 2.45) is 0 Å². The molecule has 0 radical (unpaired) electrons. The molecule has 1 heterocycles. The maximum atomic E-state index is 10.9. The maximum Gasteiger partial charge on any atom is 0.314 e. The summed E-state index contributed by atoms with van der Waals surface area (Å²) >= 11 is 11.7. The van der Waals surface area contributed by atoms with Crippen molar-refractivity contribution in [3.05, 3.63) is 56.3 Å². The summed E-state index contributed by atoms with van der Waals surface area (Å²) in [5.41, 5.74) is 0.266. The zero-order valence-electron chi connectivity index (χ0n) is 10.9. The number of ether oxygens (including phenoxy) is 2. The Morgan fingerprint density at radius 3 is 2.71 bits per heavy atom. The molecule has 0 unspecified atom stereocenters. The number of halogens is 2. The van der Waals surface area contributed by atoms with Gasteiger partial charge in [0.2, 0.25) is 0 Å². The highest BCUT2D eigenvalue weighted by molar-refractivity contribution is 6.32. The first-order valence-electron chi connectivity index (χ1n) is 5.77. The minimum Gasteiger partial charge on any atom is -0.490 e. The van der Waals surface area contributed by atoms with Crippen LogP contribution in [0, 0.1) is 10.1 Å². The van der Waals surface area contributed by atoms with Gasteiger partial charge in [-0.2, -0.15) is 0 Å². The lowest BCUT2D eigenvalue weighted by Crippen LogP contribution is -2.00. The van der Waals surface area contributed by atoms with Crippen LogP contribution in [0.5, 0.6) is 11.5 Å². The highest BCUT2D eigenvalue weighted by Gasteiger charge is 2.16. The van der Waals surface area contributed by atoms with E-state index in [9.17, 15) is 10.1 Å². The van der Waals surface area contributed by atoms with Crippen molar-refractivity contribution in [3.63, 3.8) is 0 Å². The molecule has 0 saturated carbocycles. The van der Waals surface area contributed by atoms with E-state index in [1.165, 1.54) is 19.2 Å². The van der Waals surface area contributed by atoms with Gasteiger partial charge in [0.1, 0.15) is 17.5 Å². The quantitative estimate of drug-likeness (QED) is 0.473. The number of nitro groups is 1. The number of rotatable bonds is 5. The molecule has 0 saturated heterocycles. The van der Waals surface area contributed by atoms with Gasteiger partial charge in [-0.05, 0) is 24.3 Å². The van der Waals surface area contributed by atoms with E-state index in [1.807, 2.05) is 0 Å². The number of nitro benzene ring substituents is 1. The Morgan fingerprint density at radius 1 is 1.29 bits per heavy atom. The fraction of sp³-hybridized carbons (Fsp3) is 0.154. The second-order valence-electron chi connectivity index (χ2n) is 3.94. The van der Waals surface area contributed by atoms with Gasteiger partial charge in [-0.15, -0.1) is 0 Å². The molecular formula is C13H10Cl2N2O4. The number of methoxy groups -OCH3 is 1. The van der Waals surface area contributed by atoms with Gasteiger partial charge in [-0.1, -0.05) is 23.2 Å². The summed E-state index contributed by atoms with van der Waals surface area (Å²) in [5.74, 6) is 0.464. The van der Waals surface area contributed by atoms with Crippen LogP contribution in [0.3, 0.4) is 0 Å². The van der Waals surface area contributed by atoms with Gasteiger partial charge < -0.3 is 9.47 Å². The van der Waals surface area contributed by atoms with Gasteiger partial charge >= 0.3 is 5.69 Å². The summed E-state index contributed by atoms with van der Waals surface area (Å²) < 4.78 is 10.4. The first kappa shape index (κ1) is 15.3. The van der Waals surface area contributed by atoms with E-state index in [4.69, 9.17) is 32.7 Å². The molecule has 0 aliphatic carbocycles. The second-order valence-corrected chi connectivity index (χ2v) is 4.74. The number of pyridine rings is 1. The van der Waals surface area contributed by atoms with Crippen LogP contribution >= 0.6 is 23.2 Å². The van der Waals surface area contributed by atoms with E-state index >= 15 is 0 Å². The van der Waals surface area contributed by atoms with Crippen LogP contribution in [-0.2, 0) is 6.61 Å². The van der Waals surface area contributed by atoms with E-state index < -0.39 is 4.92 Å². The first-order valence-corrected chi connectivity index (χ1v) is 6.53. The molecule has 0 spiro atoms. The van der Waals surface area contributed by atoms with Crippen LogP contribution in [0.4, 0.5) is 5.69 Å². The fourth-order valence-corrected chi connectivity index (χ4v) is 1.94.